The molecule has 3 fully saturated rings. The highest BCUT2D eigenvalue weighted by atomic mass is 19.3. The molecule has 5 amide bonds. The number of unbranched alkanes of at least 4 members (excludes halogenated alkanes) is 1. The van der Waals surface area contributed by atoms with Crippen molar-refractivity contribution < 1.29 is 47.7 Å². The highest BCUT2D eigenvalue weighted by Gasteiger charge is 2.58. The van der Waals surface area contributed by atoms with Crippen LogP contribution in [0.1, 0.15) is 91.9 Å². The zero-order valence-electron chi connectivity index (χ0n) is 29.8. The molecule has 1 aliphatic carbocycles. The highest BCUT2D eigenvalue weighted by molar-refractivity contribution is 5.95. The molecule has 2 heterocycles. The maximum Gasteiger partial charge on any atom is 0.267 e. The Morgan fingerprint density at radius 3 is 2.41 bits per heavy atom. The van der Waals surface area contributed by atoms with E-state index >= 15 is 0 Å². The first-order valence-electron chi connectivity index (χ1n) is 17.6. The molecule has 0 aromatic carbocycles. The summed E-state index contributed by atoms with van der Waals surface area (Å²) < 4.78 is 35.5. The van der Waals surface area contributed by atoms with E-state index in [0.29, 0.717) is 17.7 Å². The second kappa shape index (κ2) is 17.7. The molecular formula is C32H54F2N9O8+. The van der Waals surface area contributed by atoms with Crippen LogP contribution in [0.25, 0.3) is 0 Å². The number of aliphatic hydroxyl groups is 2. The third-order valence-corrected chi connectivity index (χ3v) is 10.0. The summed E-state index contributed by atoms with van der Waals surface area (Å²) >= 11 is 0. The Hall–Kier alpha value is -3.64. The molecular weight excluding hydrogens is 676 g/mol. The van der Waals surface area contributed by atoms with Crippen LogP contribution in [0.15, 0.2) is 5.11 Å². The summed E-state index contributed by atoms with van der Waals surface area (Å²) in [7, 11) is 0. The summed E-state index contributed by atoms with van der Waals surface area (Å²) in [4.78, 5) is 68.4. The Labute approximate surface area is 295 Å². The summed E-state index contributed by atoms with van der Waals surface area (Å²) in [5.74, 6) is -10.1. The number of nitrogens with zero attached hydrogens (tertiary/aromatic N) is 3. The third kappa shape index (κ3) is 10.7. The lowest BCUT2D eigenvalue weighted by Gasteiger charge is -2.46. The Balaban J connectivity index is 1.89. The molecule has 0 spiro atoms. The Bertz CT molecular complexity index is 1330. The van der Waals surface area contributed by atoms with Gasteiger partial charge >= 0.3 is 0 Å². The molecule has 9 N–H and O–H groups in total. The fourth-order valence-corrected chi connectivity index (χ4v) is 7.14. The highest BCUT2D eigenvalue weighted by Crippen LogP contribution is 2.38. The monoisotopic (exact) mass is 730 g/mol. The van der Waals surface area contributed by atoms with Gasteiger partial charge in [0.1, 0.15) is 40.4 Å². The Morgan fingerprint density at radius 1 is 1.14 bits per heavy atom. The van der Waals surface area contributed by atoms with Crippen LogP contribution in [0.4, 0.5) is 8.78 Å². The van der Waals surface area contributed by atoms with Crippen LogP contribution in [-0.4, -0.2) is 118 Å². The van der Waals surface area contributed by atoms with E-state index in [9.17, 15) is 43.0 Å². The standard InChI is InChI=1S/C32H53F2N9O8/c1-5-6-12-21(40-28(47)22-14-31(33,34)17-43(22)29(48)18(2)39-24(44)15-38-42-36)27(46)41-23(13-20-10-8-7-9-11-20)32(50)30(4,49)16-37-25(26(35)45)19(3)51-32/h18-23,25,36-37,49-50H,5-17H2,1-4H3,(H4-,35,39,40,41,44,45,46,47)/p+1/t18-,19+,21-,22-,23-,25-,30+,32-/m0/s1. The number of nitrogens with one attached hydrogen (secondary N) is 5. The maximum atomic E-state index is 14.7. The van der Waals surface area contributed by atoms with Gasteiger partial charge in [-0.3, -0.25) is 24.0 Å². The number of likely N-dealkylation sites (tertiary alicyclic amines) is 1. The number of rotatable bonds is 15. The van der Waals surface area contributed by atoms with E-state index in [1.165, 1.54) is 20.8 Å². The molecule has 288 valence electrons. The Morgan fingerprint density at radius 2 is 1.80 bits per heavy atom. The van der Waals surface area contributed by atoms with Gasteiger partial charge < -0.3 is 46.9 Å². The maximum absolute atomic E-state index is 14.7. The van der Waals surface area contributed by atoms with E-state index in [1.807, 2.05) is 6.92 Å². The van der Waals surface area contributed by atoms with Crippen molar-refractivity contribution >= 4 is 29.5 Å². The molecule has 0 radical (unpaired) electrons. The van der Waals surface area contributed by atoms with Crippen LogP contribution in [0.5, 0.6) is 0 Å². The normalized spacial score (nSPS) is 29.8. The average Bonchev–Trinajstić information content (AvgIpc) is 3.35. The van der Waals surface area contributed by atoms with Crippen LogP contribution in [0, 0.1) is 11.4 Å². The third-order valence-electron chi connectivity index (χ3n) is 10.0. The lowest BCUT2D eigenvalue weighted by atomic mass is 9.79. The van der Waals surface area contributed by atoms with Gasteiger partial charge in [-0.05, 0) is 39.5 Å². The van der Waals surface area contributed by atoms with E-state index in [0.717, 1.165) is 32.1 Å². The molecule has 8 atom stereocenters. The number of amides is 5. The first-order valence-corrected chi connectivity index (χ1v) is 17.6. The molecule has 2 saturated heterocycles. The molecule has 0 aromatic rings. The number of primary amides is 1. The summed E-state index contributed by atoms with van der Waals surface area (Å²) in [6, 6.07) is -6.59. The number of halogens is 2. The number of carbonyl (C=O) groups excluding carboxylic acids is 5. The van der Waals surface area contributed by atoms with E-state index in [2.05, 4.69) is 31.3 Å². The molecule has 0 unspecified atom stereocenters. The SMILES string of the molecule is CCCC[C@H](NC(=O)[C@@H]1CC(F)(F)CN1C(=O)[C@H](C)NC(=O)CN=[N+]=N)C(=O)N[C@@H](CC1CCCCC1)[C@]1(O)O[C@H](C)[C@@H](C(N)=O)NC[C@@]1(C)O. The van der Waals surface area contributed by atoms with Crippen molar-refractivity contribution in [1.29, 1.82) is 5.53 Å². The fourth-order valence-electron chi connectivity index (χ4n) is 7.14. The second-order valence-electron chi connectivity index (χ2n) is 14.3. The molecule has 3 aliphatic rings. The number of hydrogen-bond acceptors (Lipinski definition) is 11. The van der Waals surface area contributed by atoms with Crippen LogP contribution in [-0.2, 0) is 28.7 Å². The van der Waals surface area contributed by atoms with Gasteiger partial charge in [0.25, 0.3) is 5.92 Å². The van der Waals surface area contributed by atoms with E-state index in [1.54, 1.807) is 0 Å². The number of carbonyl (C=O) groups is 5. The summed E-state index contributed by atoms with van der Waals surface area (Å²) in [5.41, 5.74) is 10.1. The van der Waals surface area contributed by atoms with Gasteiger partial charge in [0.05, 0.1) is 18.7 Å². The number of ether oxygens (including phenoxy) is 1. The Kier molecular flexibility index (Phi) is 14.5. The van der Waals surface area contributed by atoms with Crippen LogP contribution >= 0.6 is 0 Å². The van der Waals surface area contributed by atoms with Gasteiger partial charge in [-0.25, -0.2) is 8.78 Å². The van der Waals surface area contributed by atoms with Crippen molar-refractivity contribution in [2.75, 3.05) is 19.6 Å². The molecule has 19 heteroatoms. The van der Waals surface area contributed by atoms with Gasteiger partial charge in [0.2, 0.25) is 46.8 Å². The molecule has 0 aromatic heterocycles. The summed E-state index contributed by atoms with van der Waals surface area (Å²) in [6.07, 6.45) is 3.74. The minimum Gasteiger partial charge on any atom is -0.383 e. The number of hydrogen-bond donors (Lipinski definition) is 8. The smallest absolute Gasteiger partial charge is 0.267 e. The minimum atomic E-state index is -3.44. The van der Waals surface area contributed by atoms with Crippen molar-refractivity contribution in [2.24, 2.45) is 16.8 Å². The van der Waals surface area contributed by atoms with Crippen molar-refractivity contribution in [3.05, 3.63) is 0 Å². The molecule has 0 bridgehead atoms. The largest absolute Gasteiger partial charge is 0.383 e. The van der Waals surface area contributed by atoms with Gasteiger partial charge in [0.15, 0.2) is 0 Å². The predicted octanol–water partition coefficient (Wildman–Crippen LogP) is -0.290. The zero-order valence-corrected chi connectivity index (χ0v) is 29.8. The van der Waals surface area contributed by atoms with Gasteiger partial charge in [-0.2, -0.15) is 0 Å². The lowest BCUT2D eigenvalue weighted by Crippen LogP contribution is -2.69. The average molecular weight is 731 g/mol. The van der Waals surface area contributed by atoms with Gasteiger partial charge in [-0.15, -0.1) is 0 Å². The van der Waals surface area contributed by atoms with Crippen molar-refractivity contribution in [3.63, 3.8) is 0 Å². The topological polar surface area (TPSA) is 263 Å². The quantitative estimate of drug-likeness (QED) is 0.0812. The van der Waals surface area contributed by atoms with E-state index in [-0.39, 0.29) is 25.3 Å². The number of alkyl halides is 2. The zero-order chi connectivity index (χ0) is 38.1. The van der Waals surface area contributed by atoms with Gasteiger partial charge in [-0.1, -0.05) is 51.9 Å². The lowest BCUT2D eigenvalue weighted by molar-refractivity contribution is -0.314. The van der Waals surface area contributed by atoms with Crippen molar-refractivity contribution in [3.8, 4) is 0 Å². The first kappa shape index (κ1) is 41.8. The van der Waals surface area contributed by atoms with Crippen LogP contribution in [0.2, 0.25) is 0 Å². The molecule has 17 nitrogen and oxygen atoms in total. The summed E-state index contributed by atoms with van der Waals surface area (Å²) in [6.45, 7) is 3.94. The van der Waals surface area contributed by atoms with E-state index in [4.69, 9.17) is 16.0 Å². The second-order valence-corrected chi connectivity index (χ2v) is 14.3. The number of nitrogens with two attached hydrogens (primary N) is 1. The minimum absolute atomic E-state index is 0.0347. The first-order chi connectivity index (χ1) is 23.9. The van der Waals surface area contributed by atoms with Crippen molar-refractivity contribution in [2.45, 2.75) is 146 Å². The van der Waals surface area contributed by atoms with E-state index < -0.39 is 103 Å². The summed E-state index contributed by atoms with van der Waals surface area (Å²) in [5, 5.41) is 37.4. The molecule has 3 rings (SSSR count). The van der Waals surface area contributed by atoms with Crippen LogP contribution in [0.3, 0.4) is 0 Å². The molecule has 51 heavy (non-hydrogen) atoms. The van der Waals surface area contributed by atoms with Gasteiger partial charge in [0, 0.05) is 13.0 Å². The molecule has 2 aliphatic heterocycles. The number of β-amino-alcohol motifs (C(OH)–C–C–N with tert-alkyl or cyclic N) is 1. The van der Waals surface area contributed by atoms with Crippen molar-refractivity contribution in [1.82, 2.24) is 31.1 Å². The van der Waals surface area contributed by atoms with Crippen LogP contribution < -0.4 is 31.9 Å². The molecule has 1 saturated carbocycles. The fraction of sp³-hybridized carbons (Fsp3) is 0.844. The predicted molar refractivity (Wildman–Crippen MR) is 177 cm³/mol.